The number of rotatable bonds is 1. The summed E-state index contributed by atoms with van der Waals surface area (Å²) in [6.07, 6.45) is 2.74. The Hall–Kier alpha value is -1.25. The van der Waals surface area contributed by atoms with E-state index < -0.39 is 0 Å². The number of nitrogens with two attached hydrogens (primary N) is 1. The molecule has 0 atom stereocenters. The van der Waals surface area contributed by atoms with E-state index >= 15 is 0 Å². The van der Waals surface area contributed by atoms with Crippen molar-refractivity contribution in [3.8, 4) is 0 Å². The van der Waals surface area contributed by atoms with Crippen LogP contribution in [0.25, 0.3) is 0 Å². The molecule has 8 heavy (non-hydrogen) atoms. The van der Waals surface area contributed by atoms with Crippen LogP contribution in [0.5, 0.6) is 0 Å². The van der Waals surface area contributed by atoms with E-state index in [1.807, 2.05) is 0 Å². The molecule has 42 valence electrons. The van der Waals surface area contributed by atoms with Crippen LogP contribution >= 0.6 is 0 Å². The molecule has 0 saturated heterocycles. The second-order valence-electron chi connectivity index (χ2n) is 1.23. The normalized spacial score (nSPS) is 10.5. The monoisotopic (exact) mass is 110 g/mol. The second kappa shape index (κ2) is 2.16. The number of hydrogen-bond acceptors (Lipinski definition) is 2. The zero-order valence-corrected chi connectivity index (χ0v) is 4.24. The fourth-order valence-electron chi connectivity index (χ4n) is 0.417. The van der Waals surface area contributed by atoms with Crippen molar-refractivity contribution in [2.75, 3.05) is 0 Å². The van der Waals surface area contributed by atoms with Gasteiger partial charge < -0.3 is 10.2 Å². The molecule has 0 aliphatic heterocycles. The van der Waals surface area contributed by atoms with E-state index in [2.05, 4.69) is 4.99 Å². The molecule has 0 amide bonds. The molecule has 0 bridgehead atoms. The van der Waals surface area contributed by atoms with E-state index in [0.717, 1.165) is 0 Å². The van der Waals surface area contributed by atoms with Crippen LogP contribution < -0.4 is 5.73 Å². The maximum absolute atomic E-state index is 4.97. The van der Waals surface area contributed by atoms with Gasteiger partial charge in [0.2, 0.25) is 5.88 Å². The van der Waals surface area contributed by atoms with Crippen molar-refractivity contribution < 1.29 is 4.42 Å². The van der Waals surface area contributed by atoms with E-state index in [4.69, 9.17) is 10.2 Å². The van der Waals surface area contributed by atoms with Crippen molar-refractivity contribution in [3.63, 3.8) is 0 Å². The lowest BCUT2D eigenvalue weighted by Gasteiger charge is -1.76. The van der Waals surface area contributed by atoms with E-state index in [9.17, 15) is 0 Å². The molecular weight excluding hydrogens is 104 g/mol. The lowest BCUT2D eigenvalue weighted by molar-refractivity contribution is 0.578. The molecule has 0 aliphatic carbocycles. The van der Waals surface area contributed by atoms with Crippen LogP contribution in [0.3, 0.4) is 0 Å². The van der Waals surface area contributed by atoms with Gasteiger partial charge in [0.15, 0.2) is 0 Å². The third-order valence-electron chi connectivity index (χ3n) is 0.708. The van der Waals surface area contributed by atoms with Gasteiger partial charge in [-0.15, -0.1) is 0 Å². The molecule has 3 heteroatoms. The van der Waals surface area contributed by atoms with Crippen LogP contribution in [-0.2, 0) is 0 Å². The zero-order valence-electron chi connectivity index (χ0n) is 4.24. The Balaban J connectivity index is 2.77. The van der Waals surface area contributed by atoms with Crippen LogP contribution in [0.2, 0.25) is 0 Å². The van der Waals surface area contributed by atoms with E-state index in [-0.39, 0.29) is 0 Å². The molecular formula is C5H6N2O. The predicted octanol–water partition coefficient (Wildman–Crippen LogP) is 0.898. The molecule has 0 radical (unpaired) electrons. The highest BCUT2D eigenvalue weighted by Gasteiger charge is 1.83. The Kier molecular flexibility index (Phi) is 1.32. The van der Waals surface area contributed by atoms with Gasteiger partial charge in [-0.3, -0.25) is 0 Å². The van der Waals surface area contributed by atoms with Gasteiger partial charge in [-0.05, 0) is 6.07 Å². The Morgan fingerprint density at radius 2 is 2.62 bits per heavy atom. The first-order valence-electron chi connectivity index (χ1n) is 2.21. The third kappa shape index (κ3) is 0.872. The first-order chi connectivity index (χ1) is 3.93. The minimum Gasteiger partial charge on any atom is -0.447 e. The quantitative estimate of drug-likeness (QED) is 0.431. The summed E-state index contributed by atoms with van der Waals surface area (Å²) in [7, 11) is 0. The molecule has 0 unspecified atom stereocenters. The Bertz CT molecular complexity index is 167. The molecule has 1 aromatic heterocycles. The minimum atomic E-state index is 0.535. The fourth-order valence-corrected chi connectivity index (χ4v) is 0.417. The maximum atomic E-state index is 4.97. The third-order valence-corrected chi connectivity index (χ3v) is 0.708. The topological polar surface area (TPSA) is 51.5 Å². The summed E-state index contributed by atoms with van der Waals surface area (Å²) in [5.41, 5.74) is 4.97. The van der Waals surface area contributed by atoms with Gasteiger partial charge in [-0.2, -0.15) is 0 Å². The molecule has 0 aromatic carbocycles. The largest absolute Gasteiger partial charge is 0.447 e. The summed E-state index contributed by atoms with van der Waals surface area (Å²) < 4.78 is 4.80. The summed E-state index contributed by atoms with van der Waals surface area (Å²) in [6.45, 7) is 0. The molecule has 1 heterocycles. The first-order valence-corrected chi connectivity index (χ1v) is 2.21. The Labute approximate surface area is 46.8 Å². The van der Waals surface area contributed by atoms with Crippen LogP contribution in [0, 0.1) is 0 Å². The fraction of sp³-hybridized carbons (Fsp3) is 0. The van der Waals surface area contributed by atoms with Gasteiger partial charge in [-0.1, -0.05) is 0 Å². The van der Waals surface area contributed by atoms with Gasteiger partial charge in [-0.25, -0.2) is 4.99 Å². The van der Waals surface area contributed by atoms with E-state index in [1.54, 1.807) is 18.4 Å². The maximum Gasteiger partial charge on any atom is 0.219 e. The van der Waals surface area contributed by atoms with Gasteiger partial charge in [0.25, 0.3) is 0 Å². The lowest BCUT2D eigenvalue weighted by atomic mass is 10.6. The summed E-state index contributed by atoms with van der Waals surface area (Å²) in [6, 6.07) is 3.48. The van der Waals surface area contributed by atoms with Crippen molar-refractivity contribution >= 4 is 12.2 Å². The highest BCUT2D eigenvalue weighted by atomic mass is 16.3. The van der Waals surface area contributed by atoms with E-state index in [1.165, 1.54) is 6.34 Å². The van der Waals surface area contributed by atoms with Crippen LogP contribution in [0.1, 0.15) is 0 Å². The van der Waals surface area contributed by atoms with Gasteiger partial charge in [0.1, 0.15) is 0 Å². The molecule has 0 fully saturated rings. The lowest BCUT2D eigenvalue weighted by Crippen LogP contribution is -1.85. The molecule has 1 aromatic rings. The Morgan fingerprint density at radius 1 is 1.75 bits per heavy atom. The van der Waals surface area contributed by atoms with E-state index in [0.29, 0.717) is 5.88 Å². The molecule has 2 N–H and O–H groups in total. The van der Waals surface area contributed by atoms with Crippen molar-refractivity contribution in [2.24, 2.45) is 10.7 Å². The van der Waals surface area contributed by atoms with Crippen LogP contribution in [0.4, 0.5) is 5.88 Å². The molecule has 1 rings (SSSR count). The molecule has 0 saturated carbocycles. The van der Waals surface area contributed by atoms with Gasteiger partial charge in [0.05, 0.1) is 12.6 Å². The van der Waals surface area contributed by atoms with Gasteiger partial charge in [0, 0.05) is 6.07 Å². The van der Waals surface area contributed by atoms with Crippen LogP contribution in [0.15, 0.2) is 27.8 Å². The first kappa shape index (κ1) is 4.90. The number of hydrogen-bond donors (Lipinski definition) is 1. The second-order valence-corrected chi connectivity index (χ2v) is 1.23. The standard InChI is InChI=1S/C5H6N2O/c6-4-7-5-2-1-3-8-5/h1-4H,(H2,6,7). The van der Waals surface area contributed by atoms with Crippen molar-refractivity contribution in [2.45, 2.75) is 0 Å². The number of nitrogens with zero attached hydrogens (tertiary/aromatic N) is 1. The number of furan rings is 1. The average molecular weight is 110 g/mol. The highest BCUT2D eigenvalue weighted by Crippen LogP contribution is 2.08. The number of aliphatic imine (C=N–C) groups is 1. The summed E-state index contributed by atoms with van der Waals surface area (Å²) in [5.74, 6) is 0.535. The summed E-state index contributed by atoms with van der Waals surface area (Å²) in [4.78, 5) is 3.65. The molecule has 0 spiro atoms. The van der Waals surface area contributed by atoms with Gasteiger partial charge >= 0.3 is 0 Å². The van der Waals surface area contributed by atoms with Crippen molar-refractivity contribution in [1.29, 1.82) is 0 Å². The molecule has 3 nitrogen and oxygen atoms in total. The SMILES string of the molecule is N/C=N/c1ccco1. The van der Waals surface area contributed by atoms with Crippen LogP contribution in [-0.4, -0.2) is 6.34 Å². The minimum absolute atomic E-state index is 0.535. The summed E-state index contributed by atoms with van der Waals surface area (Å²) >= 11 is 0. The smallest absolute Gasteiger partial charge is 0.219 e. The zero-order chi connectivity index (χ0) is 5.82. The Morgan fingerprint density at radius 3 is 3.12 bits per heavy atom. The van der Waals surface area contributed by atoms with Crippen molar-refractivity contribution in [3.05, 3.63) is 18.4 Å². The average Bonchev–Trinajstić information content (AvgIpc) is 2.19. The predicted molar refractivity (Wildman–Crippen MR) is 31.0 cm³/mol. The summed E-state index contributed by atoms with van der Waals surface area (Å²) in [5, 5.41) is 0. The molecule has 0 aliphatic rings. The highest BCUT2D eigenvalue weighted by molar-refractivity contribution is 5.56. The van der Waals surface area contributed by atoms with Crippen molar-refractivity contribution in [1.82, 2.24) is 0 Å².